The summed E-state index contributed by atoms with van der Waals surface area (Å²) in [6.07, 6.45) is 33.5. The molecule has 3 fully saturated rings. The Kier molecular flexibility index (Phi) is 24.3. The lowest BCUT2D eigenvalue weighted by atomic mass is 10.1. The molecule has 95 heavy (non-hydrogen) atoms. The first-order valence-electron chi connectivity index (χ1n) is 32.4. The number of allylic oxidation sites excluding steroid dienone is 5. The van der Waals surface area contributed by atoms with Gasteiger partial charge in [0.05, 0.1) is 18.6 Å². The van der Waals surface area contributed by atoms with Crippen molar-refractivity contribution < 1.29 is 4.42 Å². The molecular formula is C71H79IN22O. The van der Waals surface area contributed by atoms with Crippen LogP contribution in [0.3, 0.4) is 0 Å². The van der Waals surface area contributed by atoms with E-state index in [-0.39, 0.29) is 0 Å². The Labute approximate surface area is 567 Å². The third-order valence-electron chi connectivity index (χ3n) is 15.7. The Morgan fingerprint density at radius 2 is 1.13 bits per heavy atom. The second kappa shape index (κ2) is 35.0. The average Bonchev–Trinajstić information content (AvgIpc) is 2.48. The quantitative estimate of drug-likeness (QED) is 0.0150. The van der Waals surface area contributed by atoms with Crippen LogP contribution in [0.15, 0.2) is 202 Å². The Morgan fingerprint density at radius 1 is 0.558 bits per heavy atom. The topological polar surface area (TPSA) is 261 Å². The van der Waals surface area contributed by atoms with Crippen LogP contribution in [0.1, 0.15) is 93.1 Å². The lowest BCUT2D eigenvalue weighted by molar-refractivity contribution is 0.568. The fourth-order valence-corrected chi connectivity index (χ4v) is 11.4. The standard InChI is InChI=1S/C25H26N8.C24H27N7O.C22H26IN7/c1-3-8-19(9-4-1)16-27-23-29-24(31-25(30-23)33-14-5-2-6-15-33)32-28-18-21-11-7-10-20-17-26-13-12-22(20)21;1-3-9-18(10-4-1)16-25-22-27-23(29-24(28-22)31-13-7-2-8-14-31)30-26-17-20-15-19-11-5-6-12-21(19)32-20;1-3-4-9-17(2)15-24-20-26-21(28-22(27-20)30-12-6-5-7-13-30)29-25-16-18-10-8-11-19(23)14-18/h1,3-4,7-13,17-18H,2,5-6,14-16H2,(H2,27,29,30,31,32);1,3,5-6,9,11-12,15,17H,2,4,7-8,10,13-14,16H2,(H2,25,27,28,29,30);3-4,8-11,14,16H,1-2,5-7,12-13,15H2,(H2,24,26,27,28,29)/b28-18+;26-17+;9-4-,25-16+. The predicted molar refractivity (Wildman–Crippen MR) is 394 cm³/mol. The van der Waals surface area contributed by atoms with Crippen LogP contribution in [-0.2, 0) is 6.54 Å². The summed E-state index contributed by atoms with van der Waals surface area (Å²) in [5.41, 5.74) is 15.1. The summed E-state index contributed by atoms with van der Waals surface area (Å²) >= 11 is 2.28. The molecule has 4 aromatic carbocycles. The van der Waals surface area contributed by atoms with Crippen LogP contribution < -0.4 is 46.9 Å². The van der Waals surface area contributed by atoms with Gasteiger partial charge in [0.15, 0.2) is 0 Å². The van der Waals surface area contributed by atoms with Crippen molar-refractivity contribution in [3.05, 3.63) is 208 Å². The number of nitrogens with one attached hydrogen (secondary N) is 6. The monoisotopic (exact) mass is 1380 g/mol. The normalized spacial score (nSPS) is 14.9. The molecule has 486 valence electrons. The molecule has 0 unspecified atom stereocenters. The second-order valence-corrected chi connectivity index (χ2v) is 24.1. The fraction of sp³-hybridized carbons (Fsp3) is 0.282. The van der Waals surface area contributed by atoms with Crippen molar-refractivity contribution in [2.24, 2.45) is 15.3 Å². The van der Waals surface area contributed by atoms with Gasteiger partial charge in [0.2, 0.25) is 53.5 Å². The van der Waals surface area contributed by atoms with E-state index in [0.29, 0.717) is 72.4 Å². The van der Waals surface area contributed by atoms with Crippen LogP contribution in [0.2, 0.25) is 0 Å². The zero-order valence-electron chi connectivity index (χ0n) is 53.2. The first-order chi connectivity index (χ1) is 46.8. The van der Waals surface area contributed by atoms with Crippen molar-refractivity contribution >= 4 is 117 Å². The highest BCUT2D eigenvalue weighted by Crippen LogP contribution is 2.25. The maximum Gasteiger partial charge on any atom is 0.250 e. The molecule has 0 radical (unpaired) electrons. The highest BCUT2D eigenvalue weighted by Gasteiger charge is 2.20. The zero-order chi connectivity index (χ0) is 65.1. The number of anilines is 9. The average molecular weight is 1380 g/mol. The van der Waals surface area contributed by atoms with Gasteiger partial charge in [-0.3, -0.25) is 4.98 Å². The number of benzene rings is 4. The van der Waals surface area contributed by atoms with E-state index < -0.39 is 0 Å². The molecule has 0 saturated carbocycles. The number of aromatic nitrogens is 10. The molecule has 6 N–H and O–H groups in total. The van der Waals surface area contributed by atoms with Gasteiger partial charge in [0.1, 0.15) is 11.3 Å². The molecular weight excluding hydrogens is 1300 g/mol. The highest BCUT2D eigenvalue weighted by atomic mass is 127. The Hall–Kier alpha value is -10.5. The molecule has 8 heterocycles. The summed E-state index contributed by atoms with van der Waals surface area (Å²) in [6.45, 7) is 15.3. The van der Waals surface area contributed by atoms with Gasteiger partial charge in [-0.25, -0.2) is 16.3 Å². The minimum absolute atomic E-state index is 0.405. The van der Waals surface area contributed by atoms with Crippen molar-refractivity contribution in [3.8, 4) is 0 Å². The summed E-state index contributed by atoms with van der Waals surface area (Å²) in [7, 11) is 0. The number of pyridine rings is 1. The van der Waals surface area contributed by atoms with Gasteiger partial charge in [-0.2, -0.15) is 60.2 Å². The molecule has 0 amide bonds. The number of fused-ring (bicyclic) bond motifs is 2. The molecule has 24 heteroatoms. The van der Waals surface area contributed by atoms with Crippen LogP contribution in [0.25, 0.3) is 21.7 Å². The molecule has 3 aliphatic heterocycles. The largest absolute Gasteiger partial charge is 0.455 e. The van der Waals surface area contributed by atoms with E-state index in [1.165, 1.54) is 24.8 Å². The molecule has 23 nitrogen and oxygen atoms in total. The molecule has 0 atom stereocenters. The number of piperidine rings is 3. The number of halogens is 1. The third-order valence-corrected chi connectivity index (χ3v) is 16.4. The Bertz CT molecular complexity index is 4130. The van der Waals surface area contributed by atoms with Gasteiger partial charge in [-0.05, 0) is 146 Å². The van der Waals surface area contributed by atoms with Crippen molar-refractivity contribution in [1.29, 1.82) is 0 Å². The highest BCUT2D eigenvalue weighted by molar-refractivity contribution is 14.1. The van der Waals surface area contributed by atoms with E-state index >= 15 is 0 Å². The first-order valence-corrected chi connectivity index (χ1v) is 33.4. The van der Waals surface area contributed by atoms with Crippen LogP contribution in [0.5, 0.6) is 0 Å². The van der Waals surface area contributed by atoms with E-state index in [0.717, 1.165) is 145 Å². The molecule has 1 aliphatic carbocycles. The van der Waals surface area contributed by atoms with Crippen LogP contribution in [-0.4, -0.2) is 121 Å². The zero-order valence-corrected chi connectivity index (χ0v) is 55.4. The predicted octanol–water partition coefficient (Wildman–Crippen LogP) is 13.8. The van der Waals surface area contributed by atoms with Crippen molar-refractivity contribution in [2.45, 2.75) is 77.2 Å². The molecule has 0 bridgehead atoms. The van der Waals surface area contributed by atoms with Gasteiger partial charge in [-0.15, -0.1) is 0 Å². The maximum atomic E-state index is 5.78. The molecule has 13 rings (SSSR count). The molecule has 3 saturated heterocycles. The van der Waals surface area contributed by atoms with Crippen molar-refractivity contribution in [1.82, 2.24) is 49.8 Å². The molecule has 0 spiro atoms. The minimum Gasteiger partial charge on any atom is -0.455 e. The number of hydrogen-bond donors (Lipinski definition) is 6. The third kappa shape index (κ3) is 20.5. The second-order valence-electron chi connectivity index (χ2n) is 22.9. The van der Waals surface area contributed by atoms with Gasteiger partial charge in [0.25, 0.3) is 0 Å². The molecule has 5 aromatic heterocycles. The smallest absolute Gasteiger partial charge is 0.250 e. The molecule has 9 aromatic rings. The number of hydrogen-bond acceptors (Lipinski definition) is 23. The molecule has 4 aliphatic rings. The fourth-order valence-electron chi connectivity index (χ4n) is 10.8. The summed E-state index contributed by atoms with van der Waals surface area (Å²) in [5, 5.41) is 26.1. The van der Waals surface area contributed by atoms with Crippen LogP contribution in [0, 0.1) is 3.57 Å². The van der Waals surface area contributed by atoms with E-state index in [1.54, 1.807) is 30.9 Å². The summed E-state index contributed by atoms with van der Waals surface area (Å²) in [4.78, 5) is 52.1. The SMILES string of the molecule is C(=N\Nc1nc(NCc2ccccc2)nc(N2CCCCC2)n1)/c1cccc2cnccc12.C1=CCCC(CNc2nc(N/N=C/c3cc4ccccc4o3)nc(N3CCCCC3)n2)=C1.C=C/C=C\C(=C)CNc1nc(N/N=C/c2cccc(I)c2)nc(N2CCCCC2)n1. The summed E-state index contributed by atoms with van der Waals surface area (Å²) < 4.78 is 6.93. The Morgan fingerprint density at radius 3 is 1.74 bits per heavy atom. The summed E-state index contributed by atoms with van der Waals surface area (Å²) in [6, 6.07) is 36.1. The van der Waals surface area contributed by atoms with E-state index in [1.807, 2.05) is 115 Å². The minimum atomic E-state index is 0.405. The first kappa shape index (κ1) is 66.0. The van der Waals surface area contributed by atoms with E-state index in [4.69, 9.17) is 4.42 Å². The van der Waals surface area contributed by atoms with Gasteiger partial charge < -0.3 is 35.1 Å². The van der Waals surface area contributed by atoms with Gasteiger partial charge >= 0.3 is 0 Å². The van der Waals surface area contributed by atoms with Crippen molar-refractivity contribution in [2.75, 3.05) is 99.3 Å². The van der Waals surface area contributed by atoms with Crippen molar-refractivity contribution in [3.63, 3.8) is 0 Å². The maximum absolute atomic E-state index is 5.78. The Balaban J connectivity index is 0.000000145. The number of furan rings is 1. The van der Waals surface area contributed by atoms with Gasteiger partial charge in [0, 0.05) is 91.2 Å². The lowest BCUT2D eigenvalue weighted by Crippen LogP contribution is -2.31. The number of nitrogens with zero attached hydrogens (tertiary/aromatic N) is 16. The summed E-state index contributed by atoms with van der Waals surface area (Å²) in [5.74, 6) is 5.49. The number of rotatable bonds is 23. The van der Waals surface area contributed by atoms with Crippen LogP contribution >= 0.6 is 22.6 Å². The van der Waals surface area contributed by atoms with Crippen LogP contribution in [0.4, 0.5) is 53.5 Å². The number of hydrazone groups is 3. The van der Waals surface area contributed by atoms with E-state index in [9.17, 15) is 0 Å². The van der Waals surface area contributed by atoms with E-state index in [2.05, 4.69) is 178 Å². The lowest BCUT2D eigenvalue weighted by Gasteiger charge is -2.26. The van der Waals surface area contributed by atoms with Gasteiger partial charge in [-0.1, -0.05) is 134 Å². The number of para-hydroxylation sites is 1.